The van der Waals surface area contributed by atoms with Gasteiger partial charge in [0.2, 0.25) is 5.91 Å². The van der Waals surface area contributed by atoms with Crippen LogP contribution >= 0.6 is 11.6 Å². The van der Waals surface area contributed by atoms with Gasteiger partial charge < -0.3 is 9.64 Å². The molecule has 36 heavy (non-hydrogen) atoms. The Balaban J connectivity index is 1.12. The fraction of sp³-hybridized carbons (Fsp3) is 0.417. The van der Waals surface area contributed by atoms with Crippen LogP contribution < -0.4 is 0 Å². The van der Waals surface area contributed by atoms with Crippen LogP contribution in [0.3, 0.4) is 0 Å². The highest BCUT2D eigenvalue weighted by molar-refractivity contribution is 6.32. The van der Waals surface area contributed by atoms with E-state index in [0.717, 1.165) is 24.1 Å². The molecule has 0 spiro atoms. The van der Waals surface area contributed by atoms with Gasteiger partial charge in [-0.1, -0.05) is 23.7 Å². The summed E-state index contributed by atoms with van der Waals surface area (Å²) in [6.45, 7) is 2.89. The number of hydrogen-bond donors (Lipinski definition) is 0. The Labute approximate surface area is 211 Å². The molecule has 10 nitrogen and oxygen atoms in total. The summed E-state index contributed by atoms with van der Waals surface area (Å²) in [6, 6.07) is 8.53. The molecule has 3 aliphatic rings. The summed E-state index contributed by atoms with van der Waals surface area (Å²) in [5.41, 5.74) is 2.34. The molecule has 12 heteroatoms. The number of aryl methyl sites for hydroxylation is 1. The fourth-order valence-corrected chi connectivity index (χ4v) is 5.73. The second kappa shape index (κ2) is 9.20. The molecule has 6 rings (SSSR count). The number of nitriles is 1. The average molecular weight is 509 g/mol. The molecule has 3 atom stereocenters. The fourth-order valence-electron chi connectivity index (χ4n) is 5.42. The number of carbonyl (C=O) groups excluding carboxylic acids is 1. The number of halogens is 2. The van der Waals surface area contributed by atoms with E-state index in [2.05, 4.69) is 25.4 Å². The molecule has 4 heterocycles. The van der Waals surface area contributed by atoms with Crippen LogP contribution in [0.15, 0.2) is 30.6 Å². The van der Waals surface area contributed by atoms with Crippen LogP contribution in [-0.4, -0.2) is 79.7 Å². The second-order valence-electron chi connectivity index (χ2n) is 9.24. The molecule has 0 saturated carbocycles. The summed E-state index contributed by atoms with van der Waals surface area (Å²) in [5, 5.41) is 20.5. The minimum absolute atomic E-state index is 0.0646. The van der Waals surface area contributed by atoms with E-state index in [1.807, 2.05) is 23.1 Å². The van der Waals surface area contributed by atoms with Crippen molar-refractivity contribution in [3.8, 4) is 11.9 Å². The van der Waals surface area contributed by atoms with Gasteiger partial charge in [0, 0.05) is 37.4 Å². The van der Waals surface area contributed by atoms with Crippen molar-refractivity contribution in [2.45, 2.75) is 30.9 Å². The quantitative estimate of drug-likeness (QED) is 0.528. The maximum Gasteiger partial charge on any atom is 0.230 e. The van der Waals surface area contributed by atoms with Crippen molar-refractivity contribution in [1.29, 1.82) is 5.26 Å². The van der Waals surface area contributed by atoms with Gasteiger partial charge >= 0.3 is 0 Å². The number of amides is 1. The largest absolute Gasteiger partial charge is 0.370 e. The highest BCUT2D eigenvalue weighted by Crippen LogP contribution is 2.36. The highest BCUT2D eigenvalue weighted by atomic mass is 35.5. The molecule has 2 fully saturated rings. The third-order valence-electron chi connectivity index (χ3n) is 7.31. The Morgan fingerprint density at radius 3 is 2.86 bits per heavy atom. The van der Waals surface area contributed by atoms with E-state index in [4.69, 9.17) is 16.3 Å². The number of carbonyl (C=O) groups is 1. The maximum absolute atomic E-state index is 13.9. The molecule has 1 aliphatic carbocycles. The lowest BCUT2D eigenvalue weighted by molar-refractivity contribution is -0.141. The monoisotopic (exact) mass is 508 g/mol. The smallest absolute Gasteiger partial charge is 0.230 e. The zero-order valence-electron chi connectivity index (χ0n) is 19.2. The predicted octanol–water partition coefficient (Wildman–Crippen LogP) is 2.04. The van der Waals surface area contributed by atoms with E-state index in [1.165, 1.54) is 17.1 Å². The molecular formula is C24H22ClFN8O2. The zero-order valence-corrected chi connectivity index (χ0v) is 20.0. The van der Waals surface area contributed by atoms with E-state index in [0.29, 0.717) is 44.2 Å². The van der Waals surface area contributed by atoms with Crippen molar-refractivity contribution >= 4 is 17.5 Å². The number of hydrogen-bond acceptors (Lipinski definition) is 8. The third kappa shape index (κ3) is 3.91. The summed E-state index contributed by atoms with van der Waals surface area (Å²) in [7, 11) is 0. The van der Waals surface area contributed by atoms with Crippen LogP contribution in [0, 0.1) is 17.1 Å². The van der Waals surface area contributed by atoms with Gasteiger partial charge in [0.1, 0.15) is 23.8 Å². The second-order valence-corrected chi connectivity index (χ2v) is 9.62. The van der Waals surface area contributed by atoms with Gasteiger partial charge in [0.05, 0.1) is 29.7 Å². The maximum atomic E-state index is 13.9. The van der Waals surface area contributed by atoms with E-state index in [1.54, 1.807) is 6.07 Å². The number of aromatic nitrogens is 5. The van der Waals surface area contributed by atoms with Gasteiger partial charge in [0.25, 0.3) is 0 Å². The number of morpholine rings is 1. The van der Waals surface area contributed by atoms with Crippen molar-refractivity contribution < 1.29 is 13.9 Å². The Morgan fingerprint density at radius 2 is 2.06 bits per heavy atom. The van der Waals surface area contributed by atoms with Crippen LogP contribution in [-0.2, 0) is 16.0 Å². The lowest BCUT2D eigenvalue weighted by Crippen LogP contribution is -2.60. The summed E-state index contributed by atoms with van der Waals surface area (Å²) < 4.78 is 21.5. The van der Waals surface area contributed by atoms with Crippen LogP contribution in [0.25, 0.3) is 5.82 Å². The van der Waals surface area contributed by atoms with Crippen molar-refractivity contribution in [3.63, 3.8) is 0 Å². The molecular weight excluding hydrogens is 487 g/mol. The minimum atomic E-state index is -0.637. The number of ether oxygens (including phenoxy) is 1. The zero-order chi connectivity index (χ0) is 24.8. The lowest BCUT2D eigenvalue weighted by Gasteiger charge is -2.46. The predicted molar refractivity (Wildman–Crippen MR) is 125 cm³/mol. The summed E-state index contributed by atoms with van der Waals surface area (Å²) >= 11 is 6.31. The van der Waals surface area contributed by atoms with E-state index < -0.39 is 5.82 Å². The first-order valence-corrected chi connectivity index (χ1v) is 12.2. The number of nitrogens with zero attached hydrogens (tertiary/aromatic N) is 8. The Hall–Kier alpha value is -3.46. The van der Waals surface area contributed by atoms with Crippen molar-refractivity contribution in [2.75, 3.05) is 32.8 Å². The Morgan fingerprint density at radius 1 is 1.19 bits per heavy atom. The first-order valence-electron chi connectivity index (χ1n) is 11.8. The van der Waals surface area contributed by atoms with Crippen LogP contribution in [0.4, 0.5) is 4.39 Å². The molecule has 1 unspecified atom stereocenters. The first-order chi connectivity index (χ1) is 17.5. The Bertz CT molecular complexity index is 1360. The SMILES string of the molecule is N#Cc1c(F)ccc([C@@H]2CN3CCN(C(=O)C4CCc5nc(-n6cnnn6)ccc54)C[C@H]3CO2)c1Cl. The number of fused-ring (bicyclic) bond motifs is 2. The molecule has 2 aliphatic heterocycles. The summed E-state index contributed by atoms with van der Waals surface area (Å²) in [4.78, 5) is 22.4. The molecule has 1 amide bonds. The van der Waals surface area contributed by atoms with E-state index in [-0.39, 0.29) is 34.6 Å². The summed E-state index contributed by atoms with van der Waals surface area (Å²) in [5.74, 6) is -0.0886. The average Bonchev–Trinajstić information content (AvgIpc) is 3.58. The number of benzene rings is 1. The molecule has 2 aromatic heterocycles. The third-order valence-corrected chi connectivity index (χ3v) is 7.72. The summed E-state index contributed by atoms with van der Waals surface area (Å²) in [6.07, 6.45) is 2.60. The van der Waals surface area contributed by atoms with Crippen molar-refractivity contribution in [3.05, 3.63) is 63.8 Å². The lowest BCUT2D eigenvalue weighted by atomic mass is 9.98. The van der Waals surface area contributed by atoms with Crippen molar-refractivity contribution in [1.82, 2.24) is 35.0 Å². The van der Waals surface area contributed by atoms with Crippen LogP contribution in [0.1, 0.15) is 40.8 Å². The van der Waals surface area contributed by atoms with Gasteiger partial charge in [-0.25, -0.2) is 9.37 Å². The molecule has 184 valence electrons. The molecule has 0 bridgehead atoms. The first kappa shape index (κ1) is 23.0. The molecule has 0 N–H and O–H groups in total. The van der Waals surface area contributed by atoms with Gasteiger partial charge in [-0.3, -0.25) is 9.69 Å². The molecule has 1 aromatic carbocycles. The van der Waals surface area contributed by atoms with Gasteiger partial charge in [-0.15, -0.1) is 5.10 Å². The minimum Gasteiger partial charge on any atom is -0.370 e. The number of piperazine rings is 1. The van der Waals surface area contributed by atoms with Crippen LogP contribution in [0.5, 0.6) is 0 Å². The number of pyridine rings is 1. The molecule has 2 saturated heterocycles. The van der Waals surface area contributed by atoms with Gasteiger partial charge in [-0.05, 0) is 41.0 Å². The Kier molecular flexibility index (Phi) is 5.87. The molecule has 3 aromatic rings. The number of rotatable bonds is 3. The van der Waals surface area contributed by atoms with Crippen LogP contribution in [0.2, 0.25) is 5.02 Å². The number of tetrazole rings is 1. The molecule has 0 radical (unpaired) electrons. The normalized spacial score (nSPS) is 23.7. The van der Waals surface area contributed by atoms with Crippen molar-refractivity contribution in [2.24, 2.45) is 0 Å². The van der Waals surface area contributed by atoms with E-state index >= 15 is 0 Å². The van der Waals surface area contributed by atoms with E-state index in [9.17, 15) is 14.4 Å². The highest BCUT2D eigenvalue weighted by Gasteiger charge is 2.39. The topological polar surface area (TPSA) is 113 Å². The van der Waals surface area contributed by atoms with Gasteiger partial charge in [0.15, 0.2) is 5.82 Å². The van der Waals surface area contributed by atoms with Gasteiger partial charge in [-0.2, -0.15) is 9.94 Å². The standard InChI is InChI=1S/C24H22ClFN8O2/c25-23-17(1-4-19(26)18(23)9-27)21-11-32-7-8-33(10-14(32)12-36-21)24(35)16-2-5-20-15(16)3-6-22(29-20)34-13-28-30-31-34/h1,3-4,6,13-14,16,21H,2,5,7-8,10-12H2/t14-,16?,21-/m0/s1.